The van der Waals surface area contributed by atoms with Gasteiger partial charge in [-0.15, -0.1) is 0 Å². The number of carbonyl (C=O) groups excluding carboxylic acids is 3. The molecule has 0 radical (unpaired) electrons. The normalized spacial score (nSPS) is 30.3. The van der Waals surface area contributed by atoms with Gasteiger partial charge in [-0.05, 0) is 51.9 Å². The summed E-state index contributed by atoms with van der Waals surface area (Å²) in [6.45, 7) is 6.58. The smallest absolute Gasteiger partial charge is 0.315 e. The molecule has 8 nitrogen and oxygen atoms in total. The van der Waals surface area contributed by atoms with Crippen LogP contribution < -0.4 is 16.0 Å². The van der Waals surface area contributed by atoms with Crippen LogP contribution in [-0.4, -0.2) is 78.0 Å². The number of carbonyl (C=O) groups is 3. The molecule has 28 heavy (non-hydrogen) atoms. The van der Waals surface area contributed by atoms with Crippen molar-refractivity contribution < 1.29 is 14.4 Å². The van der Waals surface area contributed by atoms with Crippen LogP contribution in [-0.2, 0) is 9.59 Å². The Morgan fingerprint density at radius 1 is 1.14 bits per heavy atom. The predicted octanol–water partition coefficient (Wildman–Crippen LogP) is 0.284. The zero-order valence-electron chi connectivity index (χ0n) is 16.9. The molecule has 0 bridgehead atoms. The first-order valence-electron chi connectivity index (χ1n) is 10.8. The number of nitrogens with one attached hydrogen (secondary N) is 3. The summed E-state index contributed by atoms with van der Waals surface area (Å²) in [5, 5.41) is 8.87. The van der Waals surface area contributed by atoms with Crippen LogP contribution >= 0.6 is 0 Å². The highest BCUT2D eigenvalue weighted by molar-refractivity contribution is 5.86. The fourth-order valence-corrected chi connectivity index (χ4v) is 4.44. The molecular formula is C20H33N5O3. The van der Waals surface area contributed by atoms with E-state index in [2.05, 4.69) is 20.9 Å². The third-order valence-corrected chi connectivity index (χ3v) is 6.23. The van der Waals surface area contributed by atoms with Crippen LogP contribution in [0.5, 0.6) is 0 Å². The van der Waals surface area contributed by atoms with Gasteiger partial charge in [0, 0.05) is 44.2 Å². The zero-order valence-corrected chi connectivity index (χ0v) is 16.9. The quantitative estimate of drug-likeness (QED) is 0.581. The lowest BCUT2D eigenvalue weighted by Crippen LogP contribution is -2.63. The summed E-state index contributed by atoms with van der Waals surface area (Å²) in [6, 6.07) is -0.237. The summed E-state index contributed by atoms with van der Waals surface area (Å²) in [4.78, 5) is 41.6. The number of piperazine rings is 1. The lowest BCUT2D eigenvalue weighted by Gasteiger charge is -2.43. The second-order valence-electron chi connectivity index (χ2n) is 9.28. The van der Waals surface area contributed by atoms with E-state index in [1.54, 1.807) is 0 Å². The minimum atomic E-state index is -0.275. The van der Waals surface area contributed by atoms with Gasteiger partial charge in [-0.2, -0.15) is 0 Å². The molecule has 2 heterocycles. The topological polar surface area (TPSA) is 93.8 Å². The SMILES string of the molecule is CC(C)NC(=O)N[C@H]1C[C@H]2CN(CC3CC3)[C@@H](CNC(=O)C3CC3)C(=O)N2C1. The van der Waals surface area contributed by atoms with Crippen LogP contribution in [0.2, 0.25) is 0 Å². The van der Waals surface area contributed by atoms with Gasteiger partial charge in [0.05, 0.1) is 6.04 Å². The highest BCUT2D eigenvalue weighted by Gasteiger charge is 2.47. The molecule has 4 aliphatic rings. The molecule has 3 atom stereocenters. The van der Waals surface area contributed by atoms with Crippen molar-refractivity contribution in [3.63, 3.8) is 0 Å². The van der Waals surface area contributed by atoms with Crippen molar-refractivity contribution >= 4 is 17.8 Å². The van der Waals surface area contributed by atoms with E-state index >= 15 is 0 Å². The van der Waals surface area contributed by atoms with Gasteiger partial charge >= 0.3 is 6.03 Å². The molecule has 2 aliphatic heterocycles. The monoisotopic (exact) mass is 391 g/mol. The first-order valence-corrected chi connectivity index (χ1v) is 10.8. The van der Waals surface area contributed by atoms with E-state index in [-0.39, 0.29) is 47.9 Å². The molecule has 8 heteroatoms. The summed E-state index contributed by atoms with van der Waals surface area (Å²) < 4.78 is 0. The third-order valence-electron chi connectivity index (χ3n) is 6.23. The fraction of sp³-hybridized carbons (Fsp3) is 0.850. The molecule has 4 amide bonds. The second kappa shape index (κ2) is 7.89. The average molecular weight is 392 g/mol. The van der Waals surface area contributed by atoms with E-state index in [9.17, 15) is 14.4 Å². The maximum absolute atomic E-state index is 13.2. The van der Waals surface area contributed by atoms with Crippen LogP contribution in [0.1, 0.15) is 46.0 Å². The van der Waals surface area contributed by atoms with Crippen LogP contribution in [0.4, 0.5) is 4.79 Å². The van der Waals surface area contributed by atoms with E-state index in [0.717, 1.165) is 32.4 Å². The van der Waals surface area contributed by atoms with Crippen LogP contribution in [0.3, 0.4) is 0 Å². The van der Waals surface area contributed by atoms with Crippen LogP contribution in [0.15, 0.2) is 0 Å². The maximum atomic E-state index is 13.2. The number of rotatable bonds is 7. The largest absolute Gasteiger partial charge is 0.354 e. The second-order valence-corrected chi connectivity index (χ2v) is 9.28. The van der Waals surface area contributed by atoms with E-state index in [4.69, 9.17) is 0 Å². The van der Waals surface area contributed by atoms with Gasteiger partial charge in [0.2, 0.25) is 11.8 Å². The van der Waals surface area contributed by atoms with E-state index in [0.29, 0.717) is 19.0 Å². The molecule has 2 aliphatic carbocycles. The van der Waals surface area contributed by atoms with Gasteiger partial charge in [-0.25, -0.2) is 4.79 Å². The first-order chi connectivity index (χ1) is 13.4. The molecule has 0 unspecified atom stereocenters. The lowest BCUT2D eigenvalue weighted by molar-refractivity contribution is -0.144. The van der Waals surface area contributed by atoms with Crippen molar-refractivity contribution in [2.24, 2.45) is 11.8 Å². The summed E-state index contributed by atoms with van der Waals surface area (Å²) in [5.74, 6) is 1.03. The van der Waals surface area contributed by atoms with Gasteiger partial charge < -0.3 is 20.9 Å². The highest BCUT2D eigenvalue weighted by Crippen LogP contribution is 2.34. The summed E-state index contributed by atoms with van der Waals surface area (Å²) in [7, 11) is 0. The number of amides is 4. The number of hydrogen-bond acceptors (Lipinski definition) is 4. The van der Waals surface area contributed by atoms with Gasteiger partial charge in [-0.3, -0.25) is 14.5 Å². The Kier molecular flexibility index (Phi) is 5.49. The number of urea groups is 1. The average Bonchev–Trinajstić information content (AvgIpc) is 3.52. The van der Waals surface area contributed by atoms with Crippen LogP contribution in [0.25, 0.3) is 0 Å². The van der Waals surface area contributed by atoms with Crippen molar-refractivity contribution in [3.05, 3.63) is 0 Å². The molecule has 4 rings (SSSR count). The maximum Gasteiger partial charge on any atom is 0.315 e. The minimum absolute atomic E-state index is 0.0183. The van der Waals surface area contributed by atoms with Crippen molar-refractivity contribution in [1.29, 1.82) is 0 Å². The Labute approximate surface area is 166 Å². The van der Waals surface area contributed by atoms with Crippen molar-refractivity contribution in [2.75, 3.05) is 26.2 Å². The minimum Gasteiger partial charge on any atom is -0.354 e. The van der Waals surface area contributed by atoms with Crippen LogP contribution in [0, 0.1) is 11.8 Å². The fourth-order valence-electron chi connectivity index (χ4n) is 4.44. The molecule has 0 aromatic heterocycles. The van der Waals surface area contributed by atoms with E-state index in [1.165, 1.54) is 12.8 Å². The zero-order chi connectivity index (χ0) is 19.8. The number of nitrogens with zero attached hydrogens (tertiary/aromatic N) is 2. The molecule has 4 fully saturated rings. The molecule has 0 aromatic carbocycles. The molecule has 156 valence electrons. The predicted molar refractivity (Wildman–Crippen MR) is 105 cm³/mol. The molecule has 2 saturated heterocycles. The molecule has 0 spiro atoms. The summed E-state index contributed by atoms with van der Waals surface area (Å²) in [6.07, 6.45) is 5.20. The Morgan fingerprint density at radius 2 is 1.89 bits per heavy atom. The number of hydrogen-bond donors (Lipinski definition) is 3. The van der Waals surface area contributed by atoms with Gasteiger partial charge in [0.1, 0.15) is 6.04 Å². The lowest BCUT2D eigenvalue weighted by atomic mass is 10.0. The van der Waals surface area contributed by atoms with E-state index in [1.807, 2.05) is 18.7 Å². The van der Waals surface area contributed by atoms with E-state index < -0.39 is 0 Å². The molecule has 0 aromatic rings. The Balaban J connectivity index is 1.37. The van der Waals surface area contributed by atoms with Crippen molar-refractivity contribution in [3.8, 4) is 0 Å². The molecular weight excluding hydrogens is 358 g/mol. The van der Waals surface area contributed by atoms with Gasteiger partial charge in [0.25, 0.3) is 0 Å². The van der Waals surface area contributed by atoms with Crippen molar-refractivity contribution in [2.45, 2.75) is 70.1 Å². The Hall–Kier alpha value is -1.83. The third kappa shape index (κ3) is 4.59. The van der Waals surface area contributed by atoms with Gasteiger partial charge in [-0.1, -0.05) is 0 Å². The standard InChI is InChI=1S/C20H33N5O3/c1-12(2)22-20(28)23-15-7-16-11-24(9-13-3-4-13)17(19(27)25(16)10-15)8-21-18(26)14-5-6-14/h12-17H,3-11H2,1-2H3,(H,21,26)(H2,22,23,28)/t15-,16-,17-/m0/s1. The summed E-state index contributed by atoms with van der Waals surface area (Å²) >= 11 is 0. The number of fused-ring (bicyclic) bond motifs is 1. The van der Waals surface area contributed by atoms with Gasteiger partial charge in [0.15, 0.2) is 0 Å². The molecule has 3 N–H and O–H groups in total. The Morgan fingerprint density at radius 3 is 2.54 bits per heavy atom. The van der Waals surface area contributed by atoms with Crippen molar-refractivity contribution in [1.82, 2.24) is 25.8 Å². The first kappa shape index (κ1) is 19.5. The highest BCUT2D eigenvalue weighted by atomic mass is 16.2. The Bertz CT molecular complexity index is 631. The summed E-state index contributed by atoms with van der Waals surface area (Å²) in [5.41, 5.74) is 0. The molecule has 2 saturated carbocycles.